The molecule has 2 aliphatic rings. The van der Waals surface area contributed by atoms with Crippen LogP contribution in [0.5, 0.6) is 0 Å². The van der Waals surface area contributed by atoms with E-state index in [0.717, 1.165) is 19.3 Å². The fourth-order valence-corrected chi connectivity index (χ4v) is 4.84. The molecule has 0 heterocycles. The summed E-state index contributed by atoms with van der Waals surface area (Å²) in [5, 5.41) is 0. The number of hydrogen-bond acceptors (Lipinski definition) is 0. The Kier molecular flexibility index (Phi) is 2.21. The summed E-state index contributed by atoms with van der Waals surface area (Å²) < 4.78 is 0. The van der Waals surface area contributed by atoms with Gasteiger partial charge < -0.3 is 0 Å². The van der Waals surface area contributed by atoms with Gasteiger partial charge in [0, 0.05) is 0 Å². The highest BCUT2D eigenvalue weighted by Crippen LogP contribution is 2.55. The predicted molar refractivity (Wildman–Crippen MR) is 79.8 cm³/mol. The van der Waals surface area contributed by atoms with Crippen molar-refractivity contribution in [3.63, 3.8) is 0 Å². The average Bonchev–Trinajstić information content (AvgIpc) is 2.38. The van der Waals surface area contributed by atoms with E-state index in [1.807, 2.05) is 0 Å². The van der Waals surface area contributed by atoms with Gasteiger partial charge in [0.1, 0.15) is 0 Å². The summed E-state index contributed by atoms with van der Waals surface area (Å²) in [5.41, 5.74) is 5.90. The quantitative estimate of drug-likeness (QED) is 0.614. The van der Waals surface area contributed by atoms with Crippen LogP contribution in [0, 0.1) is 0 Å². The van der Waals surface area contributed by atoms with E-state index < -0.39 is 0 Å². The maximum Gasteiger partial charge on any atom is 0.0746 e. The van der Waals surface area contributed by atoms with Crippen molar-refractivity contribution in [3.05, 3.63) is 70.8 Å². The number of benzene rings is 2. The van der Waals surface area contributed by atoms with Crippen LogP contribution in [0.3, 0.4) is 0 Å². The van der Waals surface area contributed by atoms with Gasteiger partial charge in [-0.25, -0.2) is 0 Å². The van der Waals surface area contributed by atoms with Crippen molar-refractivity contribution in [3.8, 4) is 0 Å². The molecule has 0 aliphatic heterocycles. The van der Waals surface area contributed by atoms with Crippen molar-refractivity contribution in [2.24, 2.45) is 0 Å². The number of hydrogen-bond donors (Lipinski definition) is 0. The summed E-state index contributed by atoms with van der Waals surface area (Å²) in [6.07, 6.45) is 3.11. The molecule has 2 atom stereocenters. The Morgan fingerprint density at radius 1 is 0.842 bits per heavy atom. The molecule has 0 saturated heterocycles. The summed E-state index contributed by atoms with van der Waals surface area (Å²) in [5.74, 6) is 0. The molecule has 0 radical (unpaired) electrons. The van der Waals surface area contributed by atoms with Crippen LogP contribution in [0.25, 0.3) is 0 Å². The molecule has 2 aromatic rings. The van der Waals surface area contributed by atoms with E-state index in [9.17, 15) is 0 Å². The lowest BCUT2D eigenvalue weighted by Gasteiger charge is -2.49. The summed E-state index contributed by atoms with van der Waals surface area (Å²) >= 11 is 7.05. The molecule has 2 bridgehead atoms. The lowest BCUT2D eigenvalue weighted by molar-refractivity contribution is 0.304. The second-order valence-corrected chi connectivity index (χ2v) is 7.09. The Morgan fingerprint density at radius 3 is 2.16 bits per heavy atom. The van der Waals surface area contributed by atoms with Crippen LogP contribution in [0.1, 0.15) is 35.6 Å². The highest BCUT2D eigenvalue weighted by Gasteiger charge is 2.49. The number of halogens is 1. The van der Waals surface area contributed by atoms with Crippen LogP contribution in [0.2, 0.25) is 0 Å². The topological polar surface area (TPSA) is 0 Å². The van der Waals surface area contributed by atoms with Gasteiger partial charge in [-0.05, 0) is 46.9 Å². The minimum Gasteiger partial charge on any atom is -0.114 e. The second kappa shape index (κ2) is 3.64. The van der Waals surface area contributed by atoms with Crippen LogP contribution in [0.15, 0.2) is 48.5 Å². The zero-order chi connectivity index (χ0) is 13.1. The van der Waals surface area contributed by atoms with Crippen molar-refractivity contribution in [1.29, 1.82) is 0 Å². The maximum atomic E-state index is 7.05. The SMILES string of the molecule is C[C@]12Cc3ccccc3[C@](Cl)(Cc3ccccc31)C2. The van der Waals surface area contributed by atoms with E-state index in [2.05, 4.69) is 55.5 Å². The highest BCUT2D eigenvalue weighted by molar-refractivity contribution is 6.24. The first-order chi connectivity index (χ1) is 9.11. The third-order valence-electron chi connectivity index (χ3n) is 4.89. The Hall–Kier alpha value is -1.27. The van der Waals surface area contributed by atoms with Gasteiger partial charge in [0.15, 0.2) is 0 Å². The largest absolute Gasteiger partial charge is 0.114 e. The van der Waals surface area contributed by atoms with Crippen molar-refractivity contribution in [1.82, 2.24) is 0 Å². The van der Waals surface area contributed by atoms with E-state index >= 15 is 0 Å². The van der Waals surface area contributed by atoms with Gasteiger partial charge in [0.05, 0.1) is 4.87 Å². The average molecular weight is 269 g/mol. The monoisotopic (exact) mass is 268 g/mol. The molecule has 96 valence electrons. The first kappa shape index (κ1) is 11.5. The summed E-state index contributed by atoms with van der Waals surface area (Å²) in [6.45, 7) is 2.37. The van der Waals surface area contributed by atoms with Crippen LogP contribution < -0.4 is 0 Å². The number of fused-ring (bicyclic) bond motifs is 6. The summed E-state index contributed by atoms with van der Waals surface area (Å²) in [4.78, 5) is -0.210. The minimum absolute atomic E-state index is 0.185. The molecular weight excluding hydrogens is 252 g/mol. The van der Waals surface area contributed by atoms with Crippen molar-refractivity contribution >= 4 is 11.6 Å². The number of alkyl halides is 1. The van der Waals surface area contributed by atoms with E-state index in [-0.39, 0.29) is 10.3 Å². The first-order valence-corrected chi connectivity index (χ1v) is 7.34. The lowest BCUT2D eigenvalue weighted by atomic mass is 9.58. The van der Waals surface area contributed by atoms with Crippen molar-refractivity contribution < 1.29 is 0 Å². The molecule has 0 spiro atoms. The van der Waals surface area contributed by atoms with Gasteiger partial charge in [-0.1, -0.05) is 55.5 Å². The zero-order valence-electron chi connectivity index (χ0n) is 11.1. The maximum absolute atomic E-state index is 7.05. The third-order valence-corrected chi connectivity index (χ3v) is 5.36. The van der Waals surface area contributed by atoms with E-state index in [1.165, 1.54) is 22.3 Å². The fourth-order valence-electron chi connectivity index (χ4n) is 4.22. The van der Waals surface area contributed by atoms with Crippen LogP contribution >= 0.6 is 11.6 Å². The van der Waals surface area contributed by atoms with Gasteiger partial charge >= 0.3 is 0 Å². The second-order valence-electron chi connectivity index (χ2n) is 6.37. The number of rotatable bonds is 0. The molecule has 4 rings (SSSR count). The molecule has 0 amide bonds. The molecule has 0 saturated carbocycles. The molecule has 1 heteroatoms. The molecule has 0 aromatic heterocycles. The van der Waals surface area contributed by atoms with Crippen molar-refractivity contribution in [2.45, 2.75) is 36.5 Å². The lowest BCUT2D eigenvalue weighted by Crippen LogP contribution is -2.45. The molecule has 0 unspecified atom stereocenters. The van der Waals surface area contributed by atoms with E-state index in [0.29, 0.717) is 0 Å². The smallest absolute Gasteiger partial charge is 0.0746 e. The fraction of sp³-hybridized carbons (Fsp3) is 0.333. The standard InChI is InChI=1S/C18H17Cl/c1-17-10-13-6-3-5-9-16(13)18(19,12-17)11-14-7-2-4-8-15(14)17/h2-9H,10-12H2,1H3/t17-,18+/m1/s1. The Balaban J connectivity index is 1.98. The Labute approximate surface area is 119 Å². The van der Waals surface area contributed by atoms with Crippen LogP contribution in [0.4, 0.5) is 0 Å². The molecule has 0 fully saturated rings. The third kappa shape index (κ3) is 1.53. The van der Waals surface area contributed by atoms with Crippen LogP contribution in [-0.2, 0) is 23.1 Å². The van der Waals surface area contributed by atoms with Gasteiger partial charge in [-0.15, -0.1) is 11.6 Å². The van der Waals surface area contributed by atoms with Gasteiger partial charge in [-0.2, -0.15) is 0 Å². The van der Waals surface area contributed by atoms with Crippen LogP contribution in [-0.4, -0.2) is 0 Å². The van der Waals surface area contributed by atoms with Gasteiger partial charge in [0.2, 0.25) is 0 Å². The molecule has 0 N–H and O–H groups in total. The molecule has 0 nitrogen and oxygen atoms in total. The Bertz CT molecular complexity index is 603. The highest BCUT2D eigenvalue weighted by atomic mass is 35.5. The zero-order valence-corrected chi connectivity index (χ0v) is 11.9. The predicted octanol–water partition coefficient (Wildman–Crippen LogP) is 4.58. The summed E-state index contributed by atoms with van der Waals surface area (Å²) in [7, 11) is 0. The molecular formula is C18H17Cl. The normalized spacial score (nSPS) is 31.5. The van der Waals surface area contributed by atoms with Crippen molar-refractivity contribution in [2.75, 3.05) is 0 Å². The molecule has 19 heavy (non-hydrogen) atoms. The van der Waals surface area contributed by atoms with Gasteiger partial charge in [-0.3, -0.25) is 0 Å². The minimum atomic E-state index is -0.210. The van der Waals surface area contributed by atoms with Gasteiger partial charge in [0.25, 0.3) is 0 Å². The Morgan fingerprint density at radius 2 is 1.42 bits per heavy atom. The molecule has 2 aliphatic carbocycles. The van der Waals surface area contributed by atoms with E-state index in [4.69, 9.17) is 11.6 Å². The van der Waals surface area contributed by atoms with E-state index in [1.54, 1.807) is 0 Å². The summed E-state index contributed by atoms with van der Waals surface area (Å²) in [6, 6.07) is 17.5. The first-order valence-electron chi connectivity index (χ1n) is 6.97. The molecule has 2 aromatic carbocycles.